The van der Waals surface area contributed by atoms with Gasteiger partial charge in [-0.05, 0) is 31.0 Å². The normalized spacial score (nSPS) is 12.1. The fraction of sp³-hybridized carbons (Fsp3) is 0.353. The molecule has 1 aromatic carbocycles. The molecule has 0 aliphatic rings. The number of ether oxygens (including phenoxy) is 1. The first kappa shape index (κ1) is 15.3. The molecule has 2 aromatic rings. The molecule has 4 heteroatoms. The molecule has 1 unspecified atom stereocenters. The van der Waals surface area contributed by atoms with Crippen molar-refractivity contribution in [3.8, 4) is 5.75 Å². The van der Waals surface area contributed by atoms with E-state index in [0.29, 0.717) is 12.4 Å². The summed E-state index contributed by atoms with van der Waals surface area (Å²) in [4.78, 5) is 0. The van der Waals surface area contributed by atoms with Crippen molar-refractivity contribution in [1.82, 2.24) is 0 Å². The standard InChI is InChI=1S/C17H22N2O2/c1-4-14-8-9-15(11-17(14)20)18-16-7-6-10-19(12-16)13(3)21-5-2/h6-13,18H,4-5H2,1-3H3/p+1. The van der Waals surface area contributed by atoms with Gasteiger partial charge >= 0.3 is 0 Å². The quantitative estimate of drug-likeness (QED) is 0.799. The fourth-order valence-corrected chi connectivity index (χ4v) is 2.23. The first-order chi connectivity index (χ1) is 10.1. The third kappa shape index (κ3) is 3.95. The number of hydrogen-bond acceptors (Lipinski definition) is 3. The fourth-order valence-electron chi connectivity index (χ4n) is 2.23. The number of benzene rings is 1. The van der Waals surface area contributed by atoms with Crippen molar-refractivity contribution < 1.29 is 14.4 Å². The summed E-state index contributed by atoms with van der Waals surface area (Å²) in [6.07, 6.45) is 4.78. The summed E-state index contributed by atoms with van der Waals surface area (Å²) >= 11 is 0. The van der Waals surface area contributed by atoms with Gasteiger partial charge in [0.15, 0.2) is 12.4 Å². The molecule has 21 heavy (non-hydrogen) atoms. The molecule has 0 aliphatic carbocycles. The minimum absolute atomic E-state index is 0.00683. The second-order valence-corrected chi connectivity index (χ2v) is 4.92. The Balaban J connectivity index is 2.16. The molecule has 2 N–H and O–H groups in total. The highest BCUT2D eigenvalue weighted by molar-refractivity contribution is 5.60. The van der Waals surface area contributed by atoms with Crippen molar-refractivity contribution in [2.75, 3.05) is 11.9 Å². The topological polar surface area (TPSA) is 45.4 Å². The molecule has 0 bridgehead atoms. The van der Waals surface area contributed by atoms with E-state index in [1.807, 2.05) is 62.0 Å². The summed E-state index contributed by atoms with van der Waals surface area (Å²) in [5.41, 5.74) is 2.77. The molecule has 112 valence electrons. The zero-order valence-corrected chi connectivity index (χ0v) is 12.8. The van der Waals surface area contributed by atoms with Gasteiger partial charge in [0.05, 0.1) is 6.61 Å². The van der Waals surface area contributed by atoms with Gasteiger partial charge in [-0.3, -0.25) is 0 Å². The van der Waals surface area contributed by atoms with Crippen LogP contribution in [-0.4, -0.2) is 11.7 Å². The van der Waals surface area contributed by atoms with Gasteiger partial charge in [0.1, 0.15) is 11.4 Å². The summed E-state index contributed by atoms with van der Waals surface area (Å²) in [6, 6.07) is 9.62. The smallest absolute Gasteiger partial charge is 0.259 e. The maximum atomic E-state index is 9.92. The van der Waals surface area contributed by atoms with Crippen LogP contribution in [0.3, 0.4) is 0 Å². The molecular weight excluding hydrogens is 264 g/mol. The van der Waals surface area contributed by atoms with Crippen LogP contribution in [0.1, 0.15) is 32.6 Å². The number of phenols is 1. The lowest BCUT2D eigenvalue weighted by Gasteiger charge is -2.10. The summed E-state index contributed by atoms with van der Waals surface area (Å²) in [5.74, 6) is 0.328. The first-order valence-electron chi connectivity index (χ1n) is 7.35. The van der Waals surface area contributed by atoms with E-state index in [4.69, 9.17) is 4.74 Å². The van der Waals surface area contributed by atoms with Crippen LogP contribution in [-0.2, 0) is 11.2 Å². The summed E-state index contributed by atoms with van der Waals surface area (Å²) < 4.78 is 7.58. The molecule has 0 saturated heterocycles. The predicted molar refractivity (Wildman–Crippen MR) is 83.7 cm³/mol. The van der Waals surface area contributed by atoms with Crippen LogP contribution in [0.5, 0.6) is 5.75 Å². The highest BCUT2D eigenvalue weighted by Crippen LogP contribution is 2.24. The third-order valence-corrected chi connectivity index (χ3v) is 3.40. The van der Waals surface area contributed by atoms with E-state index in [1.54, 1.807) is 6.07 Å². The van der Waals surface area contributed by atoms with Gasteiger partial charge in [0.2, 0.25) is 0 Å². The first-order valence-corrected chi connectivity index (χ1v) is 7.35. The Kier molecular flexibility index (Phi) is 5.17. The number of rotatable bonds is 6. The largest absolute Gasteiger partial charge is 0.508 e. The second kappa shape index (κ2) is 7.09. The lowest BCUT2D eigenvalue weighted by Crippen LogP contribution is -2.38. The average molecular weight is 287 g/mol. The van der Waals surface area contributed by atoms with Gasteiger partial charge in [0.25, 0.3) is 6.23 Å². The van der Waals surface area contributed by atoms with Crippen LogP contribution in [0.2, 0.25) is 0 Å². The van der Waals surface area contributed by atoms with E-state index in [1.165, 1.54) is 0 Å². The van der Waals surface area contributed by atoms with E-state index in [0.717, 1.165) is 23.4 Å². The third-order valence-electron chi connectivity index (χ3n) is 3.40. The van der Waals surface area contributed by atoms with Crippen molar-refractivity contribution in [3.05, 3.63) is 48.3 Å². The Morgan fingerprint density at radius 2 is 2.05 bits per heavy atom. The van der Waals surface area contributed by atoms with Crippen molar-refractivity contribution in [2.45, 2.75) is 33.4 Å². The van der Waals surface area contributed by atoms with Gasteiger partial charge in [-0.25, -0.2) is 0 Å². The summed E-state index contributed by atoms with van der Waals surface area (Å²) in [5, 5.41) is 13.2. The Bertz CT molecular complexity index is 599. The molecule has 0 spiro atoms. The van der Waals surface area contributed by atoms with Crippen molar-refractivity contribution in [2.24, 2.45) is 0 Å². The highest BCUT2D eigenvalue weighted by atomic mass is 16.5. The number of pyridine rings is 1. The maximum Gasteiger partial charge on any atom is 0.259 e. The van der Waals surface area contributed by atoms with E-state index in [-0.39, 0.29) is 6.23 Å². The van der Waals surface area contributed by atoms with Crippen LogP contribution in [0, 0.1) is 0 Å². The van der Waals surface area contributed by atoms with Crippen LogP contribution in [0.15, 0.2) is 42.7 Å². The Morgan fingerprint density at radius 3 is 2.71 bits per heavy atom. The number of nitrogens with zero attached hydrogens (tertiary/aromatic N) is 1. The minimum Gasteiger partial charge on any atom is -0.508 e. The number of anilines is 2. The highest BCUT2D eigenvalue weighted by Gasteiger charge is 2.12. The molecule has 0 amide bonds. The van der Waals surface area contributed by atoms with Gasteiger partial charge in [-0.15, -0.1) is 0 Å². The maximum absolute atomic E-state index is 9.92. The van der Waals surface area contributed by atoms with Crippen LogP contribution < -0.4 is 9.88 Å². The van der Waals surface area contributed by atoms with Gasteiger partial charge in [0, 0.05) is 24.7 Å². The zero-order valence-electron chi connectivity index (χ0n) is 12.8. The van der Waals surface area contributed by atoms with Crippen LogP contribution in [0.4, 0.5) is 11.4 Å². The van der Waals surface area contributed by atoms with Crippen LogP contribution in [0.25, 0.3) is 0 Å². The SMILES string of the molecule is CCOC(C)[n+]1cccc(Nc2ccc(CC)c(O)c2)c1. The monoisotopic (exact) mass is 287 g/mol. The van der Waals surface area contributed by atoms with Crippen molar-refractivity contribution in [1.29, 1.82) is 0 Å². The number of hydrogen-bond donors (Lipinski definition) is 2. The van der Waals surface area contributed by atoms with Gasteiger partial charge in [-0.1, -0.05) is 13.0 Å². The van der Waals surface area contributed by atoms with E-state index >= 15 is 0 Å². The van der Waals surface area contributed by atoms with Gasteiger partial charge in [-0.2, -0.15) is 4.57 Å². The summed E-state index contributed by atoms with van der Waals surface area (Å²) in [6.45, 7) is 6.70. The second-order valence-electron chi connectivity index (χ2n) is 4.92. The van der Waals surface area contributed by atoms with E-state index in [2.05, 4.69) is 5.32 Å². The average Bonchev–Trinajstić information content (AvgIpc) is 2.48. The molecule has 0 saturated carbocycles. The van der Waals surface area contributed by atoms with Gasteiger partial charge < -0.3 is 15.2 Å². The molecule has 0 aliphatic heterocycles. The Labute approximate surface area is 126 Å². The lowest BCUT2D eigenvalue weighted by molar-refractivity contribution is -0.758. The Hall–Kier alpha value is -2.07. The molecule has 1 atom stereocenters. The molecule has 0 fully saturated rings. The number of aromatic nitrogens is 1. The zero-order chi connectivity index (χ0) is 15.2. The molecular formula is C17H23N2O2+. The lowest BCUT2D eigenvalue weighted by atomic mass is 10.1. The molecule has 2 rings (SSSR count). The number of phenolic OH excluding ortho intramolecular Hbond substituents is 1. The van der Waals surface area contributed by atoms with Crippen molar-refractivity contribution >= 4 is 11.4 Å². The summed E-state index contributed by atoms with van der Waals surface area (Å²) in [7, 11) is 0. The Morgan fingerprint density at radius 1 is 1.24 bits per heavy atom. The minimum atomic E-state index is -0.00683. The van der Waals surface area contributed by atoms with E-state index < -0.39 is 0 Å². The van der Waals surface area contributed by atoms with Crippen molar-refractivity contribution in [3.63, 3.8) is 0 Å². The number of aromatic hydroxyl groups is 1. The molecule has 0 radical (unpaired) electrons. The molecule has 4 nitrogen and oxygen atoms in total. The molecule has 1 aromatic heterocycles. The van der Waals surface area contributed by atoms with Crippen LogP contribution >= 0.6 is 0 Å². The van der Waals surface area contributed by atoms with E-state index in [9.17, 15) is 5.11 Å². The number of aryl methyl sites for hydroxylation is 1. The number of nitrogens with one attached hydrogen (secondary N) is 1. The predicted octanol–water partition coefficient (Wildman–Crippen LogP) is 3.54. The molecule has 1 heterocycles.